The van der Waals surface area contributed by atoms with Crippen molar-refractivity contribution >= 4 is 28.6 Å². The van der Waals surface area contributed by atoms with Crippen LogP contribution < -0.4 is 10.6 Å². The first-order valence-corrected chi connectivity index (χ1v) is 7.76. The van der Waals surface area contributed by atoms with Gasteiger partial charge in [0.25, 0.3) is 5.91 Å². The van der Waals surface area contributed by atoms with Crippen molar-refractivity contribution in [2.45, 2.75) is 6.54 Å². The molecule has 1 amide bonds. The Morgan fingerprint density at radius 2 is 1.84 bits per heavy atom. The molecule has 0 aliphatic carbocycles. The Hall–Kier alpha value is -3.41. The molecule has 1 aromatic heterocycles. The Morgan fingerprint density at radius 3 is 2.52 bits per heavy atom. The van der Waals surface area contributed by atoms with Crippen molar-refractivity contribution in [3.8, 4) is 0 Å². The monoisotopic (exact) mass is 335 g/mol. The Bertz CT molecular complexity index is 939. The zero-order valence-corrected chi connectivity index (χ0v) is 13.6. The van der Waals surface area contributed by atoms with Crippen molar-refractivity contribution in [2.75, 3.05) is 12.4 Å². The summed E-state index contributed by atoms with van der Waals surface area (Å²) < 4.78 is 0. The number of rotatable bonds is 5. The minimum Gasteiger partial charge on any atom is -0.478 e. The quantitative estimate of drug-likeness (QED) is 0.667. The van der Waals surface area contributed by atoms with Gasteiger partial charge < -0.3 is 15.7 Å². The number of anilines is 1. The van der Waals surface area contributed by atoms with E-state index in [-0.39, 0.29) is 11.5 Å². The van der Waals surface area contributed by atoms with Crippen LogP contribution in [0.5, 0.6) is 0 Å². The summed E-state index contributed by atoms with van der Waals surface area (Å²) >= 11 is 0. The standard InChI is InChI=1S/C19H17N3O3/c1-20-18(23)13-7-8-16-14(9-13)10-15(19(24)25)17(22-16)21-11-12-5-3-2-4-6-12/h2-10H,11H2,1H3,(H,20,23)(H,21,22)(H,24,25). The predicted octanol–water partition coefficient (Wildman–Crippen LogP) is 2.90. The van der Waals surface area contributed by atoms with E-state index < -0.39 is 5.97 Å². The van der Waals surface area contributed by atoms with E-state index in [1.54, 1.807) is 25.2 Å². The Morgan fingerprint density at radius 1 is 1.08 bits per heavy atom. The first-order chi connectivity index (χ1) is 12.1. The third-order valence-corrected chi connectivity index (χ3v) is 3.84. The third kappa shape index (κ3) is 3.58. The molecule has 0 aliphatic rings. The summed E-state index contributed by atoms with van der Waals surface area (Å²) in [4.78, 5) is 27.7. The number of carbonyl (C=O) groups is 2. The molecule has 0 unspecified atom stereocenters. The average Bonchev–Trinajstić information content (AvgIpc) is 2.65. The number of pyridine rings is 1. The fourth-order valence-corrected chi connectivity index (χ4v) is 2.54. The molecule has 126 valence electrons. The second kappa shape index (κ2) is 7.00. The summed E-state index contributed by atoms with van der Waals surface area (Å²) in [6.45, 7) is 0.468. The first-order valence-electron chi connectivity index (χ1n) is 7.76. The molecule has 6 heteroatoms. The molecule has 3 N–H and O–H groups in total. The smallest absolute Gasteiger partial charge is 0.339 e. The summed E-state index contributed by atoms with van der Waals surface area (Å²) in [7, 11) is 1.55. The van der Waals surface area contributed by atoms with Crippen LogP contribution in [0.1, 0.15) is 26.3 Å². The van der Waals surface area contributed by atoms with Gasteiger partial charge in [-0.3, -0.25) is 4.79 Å². The van der Waals surface area contributed by atoms with Crippen LogP contribution in [-0.2, 0) is 6.54 Å². The average molecular weight is 335 g/mol. The maximum atomic E-state index is 11.7. The Kier molecular flexibility index (Phi) is 4.61. The number of hydrogen-bond acceptors (Lipinski definition) is 4. The molecule has 0 atom stereocenters. The summed E-state index contributed by atoms with van der Waals surface area (Å²) in [6.07, 6.45) is 0. The van der Waals surface area contributed by atoms with E-state index in [2.05, 4.69) is 15.6 Å². The van der Waals surface area contributed by atoms with Crippen molar-refractivity contribution in [1.82, 2.24) is 10.3 Å². The van der Waals surface area contributed by atoms with E-state index in [1.807, 2.05) is 30.3 Å². The highest BCUT2D eigenvalue weighted by atomic mass is 16.4. The molecule has 2 aromatic carbocycles. The molecule has 3 aromatic rings. The molecule has 3 rings (SSSR count). The van der Waals surface area contributed by atoms with Gasteiger partial charge in [-0.1, -0.05) is 30.3 Å². The largest absolute Gasteiger partial charge is 0.478 e. The first kappa shape index (κ1) is 16.4. The number of nitrogens with zero attached hydrogens (tertiary/aromatic N) is 1. The van der Waals surface area contributed by atoms with Crippen LogP contribution in [-0.4, -0.2) is 29.0 Å². The van der Waals surface area contributed by atoms with Crippen molar-refractivity contribution < 1.29 is 14.7 Å². The molecule has 25 heavy (non-hydrogen) atoms. The lowest BCUT2D eigenvalue weighted by Crippen LogP contribution is -2.17. The third-order valence-electron chi connectivity index (χ3n) is 3.84. The number of carboxylic acids is 1. The van der Waals surface area contributed by atoms with E-state index in [1.165, 1.54) is 6.07 Å². The normalized spacial score (nSPS) is 10.4. The highest BCUT2D eigenvalue weighted by molar-refractivity contribution is 6.01. The van der Waals surface area contributed by atoms with Gasteiger partial charge in [-0.25, -0.2) is 9.78 Å². The van der Waals surface area contributed by atoms with E-state index in [4.69, 9.17) is 0 Å². The summed E-state index contributed by atoms with van der Waals surface area (Å²) in [5, 5.41) is 15.7. The molecule has 6 nitrogen and oxygen atoms in total. The van der Waals surface area contributed by atoms with E-state index in [0.29, 0.717) is 28.8 Å². The van der Waals surface area contributed by atoms with Gasteiger partial charge in [0.05, 0.1) is 5.52 Å². The number of aromatic carboxylic acids is 1. The lowest BCUT2D eigenvalue weighted by Gasteiger charge is -2.11. The van der Waals surface area contributed by atoms with Crippen LogP contribution in [0.4, 0.5) is 5.82 Å². The van der Waals surface area contributed by atoms with Crippen LogP contribution in [0.2, 0.25) is 0 Å². The Labute approximate surface area is 144 Å². The number of carbonyl (C=O) groups excluding carboxylic acids is 1. The Balaban J connectivity index is 1.98. The van der Waals surface area contributed by atoms with Crippen LogP contribution in [0.15, 0.2) is 54.6 Å². The van der Waals surface area contributed by atoms with Gasteiger partial charge in [-0.05, 0) is 29.8 Å². The minimum absolute atomic E-state index is 0.0671. The minimum atomic E-state index is -1.07. The second-order valence-corrected chi connectivity index (χ2v) is 5.52. The lowest BCUT2D eigenvalue weighted by atomic mass is 10.1. The summed E-state index contributed by atoms with van der Waals surface area (Å²) in [5.41, 5.74) is 2.17. The molecule has 0 radical (unpaired) electrons. The van der Waals surface area contributed by atoms with E-state index in [9.17, 15) is 14.7 Å². The van der Waals surface area contributed by atoms with Gasteiger partial charge in [0, 0.05) is 24.5 Å². The van der Waals surface area contributed by atoms with Crippen molar-refractivity contribution in [3.05, 3.63) is 71.3 Å². The molecule has 0 bridgehead atoms. The fraction of sp³-hybridized carbons (Fsp3) is 0.105. The predicted molar refractivity (Wildman–Crippen MR) is 95.9 cm³/mol. The van der Waals surface area contributed by atoms with Crippen molar-refractivity contribution in [3.63, 3.8) is 0 Å². The summed E-state index contributed by atoms with van der Waals surface area (Å²) in [5.74, 6) is -1.00. The number of hydrogen-bond donors (Lipinski definition) is 3. The number of aromatic nitrogens is 1. The number of amides is 1. The van der Waals surface area contributed by atoms with Crippen molar-refractivity contribution in [2.24, 2.45) is 0 Å². The van der Waals surface area contributed by atoms with Crippen LogP contribution >= 0.6 is 0 Å². The van der Waals surface area contributed by atoms with Crippen LogP contribution in [0, 0.1) is 0 Å². The number of benzene rings is 2. The number of carboxylic acid groups (broad SMARTS) is 1. The van der Waals surface area contributed by atoms with Gasteiger partial charge in [0.2, 0.25) is 0 Å². The molecular weight excluding hydrogens is 318 g/mol. The number of fused-ring (bicyclic) bond motifs is 1. The molecular formula is C19H17N3O3. The highest BCUT2D eigenvalue weighted by Crippen LogP contribution is 2.22. The van der Waals surface area contributed by atoms with Crippen molar-refractivity contribution in [1.29, 1.82) is 0 Å². The summed E-state index contributed by atoms with van der Waals surface area (Å²) in [6, 6.07) is 16.2. The molecule has 0 saturated heterocycles. The SMILES string of the molecule is CNC(=O)c1ccc2nc(NCc3ccccc3)c(C(=O)O)cc2c1. The number of nitrogens with one attached hydrogen (secondary N) is 2. The van der Waals surface area contributed by atoms with Crippen LogP contribution in [0.25, 0.3) is 10.9 Å². The topological polar surface area (TPSA) is 91.3 Å². The second-order valence-electron chi connectivity index (χ2n) is 5.52. The maximum absolute atomic E-state index is 11.7. The van der Waals surface area contributed by atoms with Gasteiger partial charge in [-0.15, -0.1) is 0 Å². The van der Waals surface area contributed by atoms with Gasteiger partial charge in [-0.2, -0.15) is 0 Å². The fourth-order valence-electron chi connectivity index (χ4n) is 2.54. The van der Waals surface area contributed by atoms with Crippen LogP contribution in [0.3, 0.4) is 0 Å². The molecule has 0 saturated carbocycles. The lowest BCUT2D eigenvalue weighted by molar-refractivity contribution is 0.0697. The zero-order chi connectivity index (χ0) is 17.8. The van der Waals surface area contributed by atoms with Gasteiger partial charge >= 0.3 is 5.97 Å². The molecule has 1 heterocycles. The van der Waals surface area contributed by atoms with E-state index >= 15 is 0 Å². The van der Waals surface area contributed by atoms with E-state index in [0.717, 1.165) is 5.56 Å². The zero-order valence-electron chi connectivity index (χ0n) is 13.6. The van der Waals surface area contributed by atoms with Gasteiger partial charge in [0.15, 0.2) is 0 Å². The molecule has 0 aliphatic heterocycles. The maximum Gasteiger partial charge on any atom is 0.339 e. The van der Waals surface area contributed by atoms with Gasteiger partial charge in [0.1, 0.15) is 11.4 Å². The molecule has 0 spiro atoms. The highest BCUT2D eigenvalue weighted by Gasteiger charge is 2.14. The molecule has 0 fully saturated rings.